The van der Waals surface area contributed by atoms with Crippen LogP contribution in [-0.2, 0) is 23.4 Å². The normalized spacial score (nSPS) is 25.5. The summed E-state index contributed by atoms with van der Waals surface area (Å²) in [5.41, 5.74) is 1.46. The number of fused-ring (bicyclic) bond motifs is 1. The van der Waals surface area contributed by atoms with Crippen molar-refractivity contribution in [3.8, 4) is 17.6 Å². The molecular formula is C26H31FN5O8P. The second-order valence-electron chi connectivity index (χ2n) is 9.57. The second-order valence-corrected chi connectivity index (χ2v) is 11.5. The smallest absolute Gasteiger partial charge is 0.380 e. The summed E-state index contributed by atoms with van der Waals surface area (Å²) in [7, 11) is -4.60. The predicted molar refractivity (Wildman–Crippen MR) is 146 cm³/mol. The molecule has 1 fully saturated rings. The number of aromatic amines is 1. The number of nitrogens with zero attached hydrogens (tertiary/aromatic N) is 3. The lowest BCUT2D eigenvalue weighted by Gasteiger charge is -2.24. The van der Waals surface area contributed by atoms with Gasteiger partial charge in [-0.15, -0.1) is 5.92 Å². The van der Waals surface area contributed by atoms with Crippen LogP contribution in [0.15, 0.2) is 41.5 Å². The molecule has 13 nitrogen and oxygen atoms in total. The van der Waals surface area contributed by atoms with E-state index in [-0.39, 0.29) is 22.9 Å². The largest absolute Gasteiger partial charge is 0.463 e. The van der Waals surface area contributed by atoms with E-state index in [1.54, 1.807) is 32.0 Å². The van der Waals surface area contributed by atoms with E-state index < -0.39 is 68.0 Å². The molecule has 15 heteroatoms. The number of imidazole rings is 1. The molecule has 2 aromatic heterocycles. The van der Waals surface area contributed by atoms with Gasteiger partial charge in [0.1, 0.15) is 18.0 Å². The second kappa shape index (κ2) is 12.0. The van der Waals surface area contributed by atoms with Crippen molar-refractivity contribution in [1.29, 1.82) is 0 Å². The molecule has 41 heavy (non-hydrogen) atoms. The summed E-state index contributed by atoms with van der Waals surface area (Å²) in [5.74, 6) is 2.46. The number of nitrogen functional groups attached to an aromatic ring is 1. The first kappa shape index (κ1) is 27.4. The Morgan fingerprint density at radius 3 is 2.76 bits per heavy atom. The Morgan fingerprint density at radius 1 is 1.39 bits per heavy atom. The van der Waals surface area contributed by atoms with E-state index in [1.807, 2.05) is 0 Å². The SMILES string of the molecule is [2H]C([2H])(O[P@@](=O)(C[C@@H](C)C(=O)OC(C)C)Oc1ccccc1)[C@H]1O[C@@H](n2cnc3c(=O)[nH]c(N)nc32)C(F)(C#CC)[C@H]1O. The number of ether oxygens (including phenoxy) is 2. The molecule has 1 aromatic carbocycles. The number of aliphatic hydroxyl groups excluding tert-OH is 1. The highest BCUT2D eigenvalue weighted by atomic mass is 31.2. The molecule has 4 N–H and O–H groups in total. The standard InChI is InChI=1S/C26H31FN5O8P/c1-5-11-26(27)20(33)18(39-24(26)32-14-29-19-21(32)30-25(28)31-22(19)34)12-37-41(36,40-17-9-7-6-8-10-17)13-16(4)23(35)38-15(2)3/h6-10,14-16,18,20,24,33H,12-13H2,1-4H3,(H3,28,30,31,34)/t16-,18-,20+,24-,26?,41+/m1/s1/i12D2. The van der Waals surface area contributed by atoms with E-state index in [0.29, 0.717) is 0 Å². The number of benzene rings is 1. The summed E-state index contributed by atoms with van der Waals surface area (Å²) in [6.07, 6.45) is -6.51. The van der Waals surface area contributed by atoms with E-state index in [9.17, 15) is 19.3 Å². The molecular weight excluding hydrogens is 560 g/mol. The average molecular weight is 594 g/mol. The van der Waals surface area contributed by atoms with Gasteiger partial charge in [-0.2, -0.15) is 4.98 Å². The third kappa shape index (κ3) is 6.44. The van der Waals surface area contributed by atoms with Crippen molar-refractivity contribution in [2.75, 3.05) is 18.5 Å². The van der Waals surface area contributed by atoms with Crippen molar-refractivity contribution in [3.05, 3.63) is 47.0 Å². The number of anilines is 1. The summed E-state index contributed by atoms with van der Waals surface area (Å²) >= 11 is 0. The van der Waals surface area contributed by atoms with Gasteiger partial charge in [0.15, 0.2) is 17.4 Å². The van der Waals surface area contributed by atoms with E-state index in [1.165, 1.54) is 26.0 Å². The van der Waals surface area contributed by atoms with Crippen LogP contribution in [0.2, 0.25) is 0 Å². The van der Waals surface area contributed by atoms with Crippen molar-refractivity contribution in [2.45, 2.75) is 57.9 Å². The van der Waals surface area contributed by atoms with Gasteiger partial charge in [-0.05, 0) is 32.9 Å². The number of alkyl halides is 1. The number of hydrogen-bond donors (Lipinski definition) is 3. The fraction of sp³-hybridized carbons (Fsp3) is 0.462. The van der Waals surface area contributed by atoms with Gasteiger partial charge < -0.3 is 24.8 Å². The lowest BCUT2D eigenvalue weighted by Crippen LogP contribution is -2.42. The zero-order valence-corrected chi connectivity index (χ0v) is 23.5. The number of rotatable bonds is 10. The highest BCUT2D eigenvalue weighted by Crippen LogP contribution is 2.51. The zero-order chi connectivity index (χ0) is 31.7. The van der Waals surface area contributed by atoms with E-state index in [0.717, 1.165) is 10.9 Å². The molecule has 4 rings (SSSR count). The monoisotopic (exact) mass is 593 g/mol. The Hall–Kier alpha value is -3.76. The van der Waals surface area contributed by atoms with Gasteiger partial charge in [0.05, 0.1) is 33.8 Å². The van der Waals surface area contributed by atoms with Gasteiger partial charge in [-0.25, -0.2) is 13.9 Å². The topological polar surface area (TPSA) is 181 Å². The zero-order valence-electron chi connectivity index (χ0n) is 24.6. The van der Waals surface area contributed by atoms with Gasteiger partial charge in [0.2, 0.25) is 11.6 Å². The Balaban J connectivity index is 1.71. The Bertz CT molecular complexity index is 1660. The van der Waals surface area contributed by atoms with Crippen LogP contribution >= 0.6 is 7.60 Å². The summed E-state index contributed by atoms with van der Waals surface area (Å²) in [5, 5.41) is 11.1. The number of carbonyl (C=O) groups excluding carboxylic acids is 1. The molecule has 1 saturated heterocycles. The van der Waals surface area contributed by atoms with Crippen LogP contribution in [-0.4, -0.2) is 67.3 Å². The Labute approximate surface area is 237 Å². The van der Waals surface area contributed by atoms with Gasteiger partial charge in [-0.1, -0.05) is 31.0 Å². The van der Waals surface area contributed by atoms with Crippen LogP contribution in [0.3, 0.4) is 0 Å². The first-order valence-corrected chi connectivity index (χ1v) is 14.3. The molecule has 0 saturated carbocycles. The molecule has 0 amide bonds. The van der Waals surface area contributed by atoms with E-state index in [2.05, 4.69) is 26.8 Å². The number of para-hydroxylation sites is 1. The predicted octanol–water partition coefficient (Wildman–Crippen LogP) is 2.57. The third-order valence-corrected chi connectivity index (χ3v) is 7.79. The van der Waals surface area contributed by atoms with Crippen molar-refractivity contribution in [1.82, 2.24) is 19.5 Å². The minimum atomic E-state index is -4.60. The van der Waals surface area contributed by atoms with Crippen LogP contribution in [0.4, 0.5) is 10.3 Å². The summed E-state index contributed by atoms with van der Waals surface area (Å²) in [4.78, 5) is 34.9. The fourth-order valence-electron chi connectivity index (χ4n) is 4.11. The number of carbonyl (C=O) groups is 1. The van der Waals surface area contributed by atoms with Gasteiger partial charge in [0, 0.05) is 0 Å². The van der Waals surface area contributed by atoms with Crippen molar-refractivity contribution in [3.63, 3.8) is 0 Å². The van der Waals surface area contributed by atoms with Crippen LogP contribution in [0.25, 0.3) is 11.2 Å². The number of aliphatic hydroxyl groups is 1. The highest BCUT2D eigenvalue weighted by molar-refractivity contribution is 7.54. The molecule has 0 aliphatic carbocycles. The minimum absolute atomic E-state index is 0.0345. The number of hydrogen-bond acceptors (Lipinski definition) is 11. The fourth-order valence-corrected chi connectivity index (χ4v) is 5.82. The van der Waals surface area contributed by atoms with E-state index >= 15 is 4.39 Å². The first-order valence-electron chi connectivity index (χ1n) is 13.5. The van der Waals surface area contributed by atoms with Gasteiger partial charge >= 0.3 is 13.6 Å². The van der Waals surface area contributed by atoms with Gasteiger partial charge in [-0.3, -0.25) is 23.7 Å². The van der Waals surface area contributed by atoms with Crippen molar-refractivity contribution in [2.24, 2.45) is 5.92 Å². The molecule has 0 spiro atoms. The number of H-pyrrole nitrogens is 1. The average Bonchev–Trinajstić information content (AvgIpc) is 3.42. The lowest BCUT2D eigenvalue weighted by atomic mass is 9.96. The summed E-state index contributed by atoms with van der Waals surface area (Å²) in [6, 6.07) is 7.68. The Morgan fingerprint density at radius 2 is 2.10 bits per heavy atom. The maximum atomic E-state index is 16.5. The molecule has 0 bridgehead atoms. The van der Waals surface area contributed by atoms with Crippen LogP contribution in [0.1, 0.15) is 36.7 Å². The third-order valence-electron chi connectivity index (χ3n) is 5.92. The van der Waals surface area contributed by atoms with Crippen LogP contribution in [0.5, 0.6) is 5.75 Å². The quantitative estimate of drug-likeness (QED) is 0.179. The summed E-state index contributed by atoms with van der Waals surface area (Å²) < 4.78 is 70.7. The lowest BCUT2D eigenvalue weighted by molar-refractivity contribution is -0.151. The van der Waals surface area contributed by atoms with Crippen molar-refractivity contribution < 1.29 is 40.1 Å². The van der Waals surface area contributed by atoms with Crippen LogP contribution < -0.4 is 15.8 Å². The summed E-state index contributed by atoms with van der Waals surface area (Å²) in [6.45, 7) is 2.74. The molecule has 3 heterocycles. The maximum Gasteiger partial charge on any atom is 0.380 e. The van der Waals surface area contributed by atoms with Gasteiger partial charge in [0.25, 0.3) is 5.56 Å². The van der Waals surface area contributed by atoms with Crippen LogP contribution in [0, 0.1) is 17.8 Å². The number of nitrogens with two attached hydrogens (primary N) is 1. The molecule has 1 unspecified atom stereocenters. The molecule has 1 aliphatic heterocycles. The highest BCUT2D eigenvalue weighted by Gasteiger charge is 2.58. The molecule has 220 valence electrons. The number of aromatic nitrogens is 4. The first-order chi connectivity index (χ1) is 20.1. The maximum absolute atomic E-state index is 16.5. The minimum Gasteiger partial charge on any atom is -0.463 e. The Kier molecular flexibility index (Phi) is 8.02. The molecule has 3 aromatic rings. The number of nitrogens with one attached hydrogen (secondary N) is 1. The van der Waals surface area contributed by atoms with E-state index in [4.69, 9.17) is 27.0 Å². The molecule has 1 aliphatic rings. The van der Waals surface area contributed by atoms with Crippen molar-refractivity contribution >= 4 is 30.7 Å². The number of halogens is 1. The molecule has 0 radical (unpaired) electrons. The number of esters is 1. The molecule has 6 atom stereocenters.